The van der Waals surface area contributed by atoms with E-state index in [0.29, 0.717) is 11.1 Å². The maximum atomic E-state index is 12.8. The summed E-state index contributed by atoms with van der Waals surface area (Å²) in [5, 5.41) is 2.53. The predicted molar refractivity (Wildman–Crippen MR) is 97.9 cm³/mol. The zero-order valence-electron chi connectivity index (χ0n) is 15.4. The number of hydrogen-bond acceptors (Lipinski definition) is 5. The van der Waals surface area contributed by atoms with Gasteiger partial charge >= 0.3 is 12.6 Å². The molecule has 0 radical (unpaired) electrons. The number of alkyl halides is 2. The van der Waals surface area contributed by atoms with Crippen LogP contribution in [0.2, 0.25) is 0 Å². The molecule has 2 aromatic rings. The fraction of sp³-hybridized carbons (Fsp3) is 0.200. The van der Waals surface area contributed by atoms with E-state index < -0.39 is 25.1 Å². The van der Waals surface area contributed by atoms with Crippen LogP contribution in [0.1, 0.15) is 11.1 Å². The molecule has 29 heavy (non-hydrogen) atoms. The lowest BCUT2D eigenvalue weighted by atomic mass is 10.2. The minimum Gasteiger partial charge on any atom is -0.493 e. The molecule has 0 unspecified atom stereocenters. The SMILES string of the molecule is COc1cc(/C=C/C(=O)OCC(=O)NCc2ccc(F)cc2)ccc1OC(F)F. The van der Waals surface area contributed by atoms with Crippen molar-refractivity contribution >= 4 is 18.0 Å². The topological polar surface area (TPSA) is 73.9 Å². The highest BCUT2D eigenvalue weighted by molar-refractivity contribution is 5.89. The van der Waals surface area contributed by atoms with Crippen LogP contribution in [0.25, 0.3) is 6.08 Å². The molecule has 0 aliphatic heterocycles. The van der Waals surface area contributed by atoms with Crippen LogP contribution < -0.4 is 14.8 Å². The van der Waals surface area contributed by atoms with Gasteiger partial charge in [-0.25, -0.2) is 9.18 Å². The summed E-state index contributed by atoms with van der Waals surface area (Å²) in [4.78, 5) is 23.4. The lowest BCUT2D eigenvalue weighted by molar-refractivity contribution is -0.143. The first-order chi connectivity index (χ1) is 13.9. The second kappa shape index (κ2) is 10.7. The van der Waals surface area contributed by atoms with Crippen molar-refractivity contribution in [2.75, 3.05) is 13.7 Å². The van der Waals surface area contributed by atoms with E-state index in [0.717, 1.165) is 6.08 Å². The number of carbonyl (C=O) groups excluding carboxylic acids is 2. The molecule has 9 heteroatoms. The Bertz CT molecular complexity index is 869. The van der Waals surface area contributed by atoms with Gasteiger partial charge in [-0.3, -0.25) is 4.79 Å². The summed E-state index contributed by atoms with van der Waals surface area (Å²) >= 11 is 0. The lowest BCUT2D eigenvalue weighted by Gasteiger charge is -2.10. The van der Waals surface area contributed by atoms with Gasteiger partial charge in [0.25, 0.3) is 5.91 Å². The number of nitrogens with one attached hydrogen (secondary N) is 1. The molecule has 1 N–H and O–H groups in total. The molecule has 0 fully saturated rings. The summed E-state index contributed by atoms with van der Waals surface area (Å²) in [6.45, 7) is -3.32. The second-order valence-electron chi connectivity index (χ2n) is 5.63. The van der Waals surface area contributed by atoms with Crippen LogP contribution in [0.3, 0.4) is 0 Å². The van der Waals surface area contributed by atoms with Crippen molar-refractivity contribution < 1.29 is 37.0 Å². The maximum absolute atomic E-state index is 12.8. The molecule has 6 nitrogen and oxygen atoms in total. The van der Waals surface area contributed by atoms with E-state index in [9.17, 15) is 22.8 Å². The van der Waals surface area contributed by atoms with Crippen LogP contribution in [-0.4, -0.2) is 32.2 Å². The van der Waals surface area contributed by atoms with Crippen molar-refractivity contribution in [2.45, 2.75) is 13.2 Å². The van der Waals surface area contributed by atoms with E-state index in [1.54, 1.807) is 0 Å². The Kier molecular flexibility index (Phi) is 8.08. The van der Waals surface area contributed by atoms with E-state index in [-0.39, 0.29) is 23.9 Å². The average molecular weight is 409 g/mol. The van der Waals surface area contributed by atoms with Gasteiger partial charge in [-0.05, 0) is 41.5 Å². The molecule has 0 bridgehead atoms. The molecule has 0 aromatic heterocycles. The standard InChI is InChI=1S/C20H18F3NO5/c1-27-17-10-13(4-8-16(17)29-20(22)23)5-9-19(26)28-12-18(25)24-11-14-2-6-15(21)7-3-14/h2-10,20H,11-12H2,1H3,(H,24,25)/b9-5+. The first-order valence-corrected chi connectivity index (χ1v) is 8.36. The Hall–Kier alpha value is -3.49. The summed E-state index contributed by atoms with van der Waals surface area (Å²) in [7, 11) is 1.29. The number of rotatable bonds is 9. The Labute approximate surface area is 164 Å². The van der Waals surface area contributed by atoms with Gasteiger partial charge in [0.15, 0.2) is 18.1 Å². The van der Waals surface area contributed by atoms with E-state index in [1.807, 2.05) is 0 Å². The number of carbonyl (C=O) groups is 2. The molecule has 1 amide bonds. The Morgan fingerprint density at radius 1 is 1.10 bits per heavy atom. The van der Waals surface area contributed by atoms with Gasteiger partial charge in [0, 0.05) is 12.6 Å². The molecule has 0 spiro atoms. The van der Waals surface area contributed by atoms with Gasteiger partial charge in [0.1, 0.15) is 5.82 Å². The van der Waals surface area contributed by atoms with Crippen LogP contribution in [0, 0.1) is 5.82 Å². The van der Waals surface area contributed by atoms with Crippen molar-refractivity contribution in [3.63, 3.8) is 0 Å². The number of halogens is 3. The van der Waals surface area contributed by atoms with Crippen LogP contribution in [0.4, 0.5) is 13.2 Å². The molecule has 0 heterocycles. The fourth-order valence-corrected chi connectivity index (χ4v) is 2.18. The van der Waals surface area contributed by atoms with E-state index >= 15 is 0 Å². The summed E-state index contributed by atoms with van der Waals surface area (Å²) in [5.41, 5.74) is 1.17. The normalized spacial score (nSPS) is 10.8. The third-order valence-corrected chi connectivity index (χ3v) is 3.56. The summed E-state index contributed by atoms with van der Waals surface area (Å²) in [6.07, 6.45) is 2.45. The van der Waals surface area contributed by atoms with Crippen LogP contribution in [0.15, 0.2) is 48.5 Å². The van der Waals surface area contributed by atoms with Gasteiger partial charge in [-0.2, -0.15) is 8.78 Å². The van der Waals surface area contributed by atoms with Crippen LogP contribution >= 0.6 is 0 Å². The minimum atomic E-state index is -2.99. The summed E-state index contributed by atoms with van der Waals surface area (Å²) in [6, 6.07) is 9.71. The third-order valence-electron chi connectivity index (χ3n) is 3.56. The van der Waals surface area contributed by atoms with Gasteiger partial charge in [0.2, 0.25) is 0 Å². The number of methoxy groups -OCH3 is 1. The monoisotopic (exact) mass is 409 g/mol. The van der Waals surface area contributed by atoms with Crippen molar-refractivity contribution in [1.82, 2.24) is 5.32 Å². The molecule has 0 saturated heterocycles. The molecule has 154 valence electrons. The van der Waals surface area contributed by atoms with E-state index in [2.05, 4.69) is 10.1 Å². The highest BCUT2D eigenvalue weighted by Gasteiger charge is 2.11. The van der Waals surface area contributed by atoms with Gasteiger partial charge < -0.3 is 19.5 Å². The summed E-state index contributed by atoms with van der Waals surface area (Å²) < 4.78 is 51.5. The lowest BCUT2D eigenvalue weighted by Crippen LogP contribution is -2.28. The van der Waals surface area contributed by atoms with Crippen molar-refractivity contribution in [2.24, 2.45) is 0 Å². The summed E-state index contributed by atoms with van der Waals surface area (Å²) in [5.74, 6) is -1.74. The number of amides is 1. The molecule has 0 aliphatic rings. The molecular weight excluding hydrogens is 391 g/mol. The van der Waals surface area contributed by atoms with Crippen molar-refractivity contribution in [1.29, 1.82) is 0 Å². The molecule has 0 aliphatic carbocycles. The maximum Gasteiger partial charge on any atom is 0.387 e. The number of benzene rings is 2. The van der Waals surface area contributed by atoms with E-state index in [1.165, 1.54) is 55.7 Å². The number of hydrogen-bond donors (Lipinski definition) is 1. The molecule has 0 atom stereocenters. The fourth-order valence-electron chi connectivity index (χ4n) is 2.18. The van der Waals surface area contributed by atoms with Gasteiger partial charge in [0.05, 0.1) is 7.11 Å². The van der Waals surface area contributed by atoms with Crippen LogP contribution in [0.5, 0.6) is 11.5 Å². The molecule has 2 aromatic carbocycles. The van der Waals surface area contributed by atoms with Crippen molar-refractivity contribution in [3.8, 4) is 11.5 Å². The van der Waals surface area contributed by atoms with Crippen molar-refractivity contribution in [3.05, 3.63) is 65.5 Å². The van der Waals surface area contributed by atoms with Crippen LogP contribution in [-0.2, 0) is 20.9 Å². The first-order valence-electron chi connectivity index (χ1n) is 8.36. The Morgan fingerprint density at radius 3 is 2.48 bits per heavy atom. The molecule has 0 saturated carbocycles. The minimum absolute atomic E-state index is 0.0704. The number of ether oxygens (including phenoxy) is 3. The zero-order chi connectivity index (χ0) is 21.2. The van der Waals surface area contributed by atoms with Gasteiger partial charge in [-0.15, -0.1) is 0 Å². The smallest absolute Gasteiger partial charge is 0.387 e. The van der Waals surface area contributed by atoms with E-state index in [4.69, 9.17) is 9.47 Å². The largest absolute Gasteiger partial charge is 0.493 e. The quantitative estimate of drug-likeness (QED) is 0.508. The number of esters is 1. The van der Waals surface area contributed by atoms with Gasteiger partial charge in [-0.1, -0.05) is 18.2 Å². The average Bonchev–Trinajstić information content (AvgIpc) is 2.70. The zero-order valence-corrected chi connectivity index (χ0v) is 15.4. The molecule has 2 rings (SSSR count). The predicted octanol–water partition coefficient (Wildman–Crippen LogP) is 3.31. The first kappa shape index (κ1) is 21.8. The Balaban J connectivity index is 1.81. The highest BCUT2D eigenvalue weighted by atomic mass is 19.3. The second-order valence-corrected chi connectivity index (χ2v) is 5.63. The molecular formula is C20H18F3NO5. The Morgan fingerprint density at radius 2 is 1.83 bits per heavy atom. The third kappa shape index (κ3) is 7.57. The highest BCUT2D eigenvalue weighted by Crippen LogP contribution is 2.29.